The Bertz CT molecular complexity index is 1020. The van der Waals surface area contributed by atoms with Crippen LogP contribution in [0.2, 0.25) is 0 Å². The SMILES string of the molecule is O=C(CCOCCOCCOCCOCCO/C=C1/CC(=O)c2ccccc2C1=O)ON1C(=O)CCC1=O. The van der Waals surface area contributed by atoms with Crippen LogP contribution < -0.4 is 0 Å². The van der Waals surface area contributed by atoms with Crippen molar-refractivity contribution in [2.75, 3.05) is 59.5 Å². The predicted octanol–water partition coefficient (Wildman–Crippen LogP) is 1.42. The molecule has 0 N–H and O–H groups in total. The molecular weight excluding hydrogens is 502 g/mol. The Labute approximate surface area is 219 Å². The van der Waals surface area contributed by atoms with Gasteiger partial charge in [0.15, 0.2) is 11.6 Å². The second-order valence-electron chi connectivity index (χ2n) is 8.23. The zero-order chi connectivity index (χ0) is 27.2. The number of amides is 2. The maximum absolute atomic E-state index is 12.4. The lowest BCUT2D eigenvalue weighted by molar-refractivity contribution is -0.198. The highest BCUT2D eigenvalue weighted by atomic mass is 16.7. The van der Waals surface area contributed by atoms with E-state index in [-0.39, 0.29) is 57.1 Å². The molecule has 12 nitrogen and oxygen atoms in total. The van der Waals surface area contributed by atoms with Crippen LogP contribution in [0.5, 0.6) is 0 Å². The second kappa shape index (κ2) is 15.7. The third kappa shape index (κ3) is 9.14. The number of fused-ring (bicyclic) bond motifs is 1. The van der Waals surface area contributed by atoms with Crippen LogP contribution in [0.15, 0.2) is 36.1 Å². The molecule has 1 aromatic rings. The number of Topliss-reactive ketones (excluding diaryl/α,β-unsaturated/α-hetero) is 2. The molecule has 2 amide bonds. The van der Waals surface area contributed by atoms with E-state index in [0.29, 0.717) is 61.4 Å². The van der Waals surface area contributed by atoms with Crippen LogP contribution in [-0.2, 0) is 42.9 Å². The van der Waals surface area contributed by atoms with Gasteiger partial charge in [0.25, 0.3) is 11.8 Å². The molecule has 0 saturated carbocycles. The standard InChI is InChI=1S/C26H31NO11/c28-22-17-19(26(32)21-4-2-1-3-20(21)22)18-37-16-15-36-14-13-35-12-11-34-10-9-33-8-7-25(31)38-27-23(29)5-6-24(27)30/h1-4,18H,5-17H2/b19-18-. The van der Waals surface area contributed by atoms with Crippen LogP contribution in [0.4, 0.5) is 0 Å². The molecule has 1 fully saturated rings. The number of benzene rings is 1. The van der Waals surface area contributed by atoms with Crippen LogP contribution in [0.1, 0.15) is 46.4 Å². The highest BCUT2D eigenvalue weighted by Crippen LogP contribution is 2.24. The quantitative estimate of drug-likeness (QED) is 0.124. The van der Waals surface area contributed by atoms with E-state index in [9.17, 15) is 24.0 Å². The molecule has 1 aromatic carbocycles. The minimum atomic E-state index is -0.712. The van der Waals surface area contributed by atoms with Gasteiger partial charge in [-0.25, -0.2) is 4.79 Å². The zero-order valence-corrected chi connectivity index (χ0v) is 21.0. The monoisotopic (exact) mass is 533 g/mol. The van der Waals surface area contributed by atoms with Gasteiger partial charge in [-0.3, -0.25) is 19.2 Å². The molecule has 38 heavy (non-hydrogen) atoms. The lowest BCUT2D eigenvalue weighted by Gasteiger charge is -2.16. The third-order valence-corrected chi connectivity index (χ3v) is 5.45. The fourth-order valence-corrected chi connectivity index (χ4v) is 3.53. The Morgan fingerprint density at radius 2 is 1.26 bits per heavy atom. The van der Waals surface area contributed by atoms with E-state index < -0.39 is 17.8 Å². The molecule has 0 spiro atoms. The predicted molar refractivity (Wildman–Crippen MR) is 129 cm³/mol. The summed E-state index contributed by atoms with van der Waals surface area (Å²) in [5.41, 5.74) is 1.18. The first-order chi connectivity index (χ1) is 18.5. The van der Waals surface area contributed by atoms with Gasteiger partial charge in [-0.2, -0.15) is 0 Å². The van der Waals surface area contributed by atoms with Crippen molar-refractivity contribution in [3.63, 3.8) is 0 Å². The van der Waals surface area contributed by atoms with E-state index in [1.807, 2.05) is 0 Å². The number of carbonyl (C=O) groups excluding carboxylic acids is 5. The van der Waals surface area contributed by atoms with E-state index in [2.05, 4.69) is 0 Å². The lowest BCUT2D eigenvalue weighted by atomic mass is 9.86. The molecule has 1 saturated heterocycles. The Hall–Kier alpha value is -3.45. The first-order valence-corrected chi connectivity index (χ1v) is 12.3. The molecule has 0 aromatic heterocycles. The number of imide groups is 1. The first-order valence-electron chi connectivity index (χ1n) is 12.3. The molecule has 12 heteroatoms. The normalized spacial score (nSPS) is 16.3. The summed E-state index contributed by atoms with van der Waals surface area (Å²) in [4.78, 5) is 63.7. The van der Waals surface area contributed by atoms with Gasteiger partial charge in [-0.05, 0) is 0 Å². The van der Waals surface area contributed by atoms with E-state index >= 15 is 0 Å². The molecule has 1 aliphatic carbocycles. The van der Waals surface area contributed by atoms with E-state index in [0.717, 1.165) is 0 Å². The Morgan fingerprint density at radius 1 is 0.737 bits per heavy atom. The van der Waals surface area contributed by atoms with Crippen molar-refractivity contribution < 1.29 is 52.5 Å². The van der Waals surface area contributed by atoms with Crippen LogP contribution in [0.3, 0.4) is 0 Å². The van der Waals surface area contributed by atoms with Gasteiger partial charge in [0.2, 0.25) is 0 Å². The summed E-state index contributed by atoms with van der Waals surface area (Å²) in [5.74, 6) is -2.05. The molecule has 0 radical (unpaired) electrons. The minimum Gasteiger partial charge on any atom is -0.498 e. The maximum atomic E-state index is 12.4. The Morgan fingerprint density at radius 3 is 1.87 bits per heavy atom. The van der Waals surface area contributed by atoms with Crippen molar-refractivity contribution in [3.05, 3.63) is 47.2 Å². The second-order valence-corrected chi connectivity index (χ2v) is 8.23. The van der Waals surface area contributed by atoms with Crippen LogP contribution in [-0.4, -0.2) is 93.9 Å². The Balaban J connectivity index is 1.09. The summed E-state index contributed by atoms with van der Waals surface area (Å²) in [6, 6.07) is 6.75. The number of hydroxylamine groups is 2. The summed E-state index contributed by atoms with van der Waals surface area (Å²) in [6.45, 7) is 2.65. The molecule has 1 aliphatic heterocycles. The molecule has 2 aliphatic rings. The molecule has 0 bridgehead atoms. The highest BCUT2D eigenvalue weighted by Gasteiger charge is 2.32. The third-order valence-electron chi connectivity index (χ3n) is 5.45. The van der Waals surface area contributed by atoms with E-state index in [1.165, 1.54) is 6.26 Å². The minimum absolute atomic E-state index is 0.0264. The van der Waals surface area contributed by atoms with Crippen molar-refractivity contribution in [1.29, 1.82) is 0 Å². The average Bonchev–Trinajstić information content (AvgIpc) is 3.23. The van der Waals surface area contributed by atoms with E-state index in [1.54, 1.807) is 24.3 Å². The number of allylic oxidation sites excluding steroid dienone is 1. The molecule has 3 rings (SSSR count). The van der Waals surface area contributed by atoms with Gasteiger partial charge in [0.05, 0.1) is 65.5 Å². The summed E-state index contributed by atoms with van der Waals surface area (Å²) < 4.78 is 26.8. The number of ether oxygens (including phenoxy) is 5. The number of ketones is 2. The van der Waals surface area contributed by atoms with Crippen molar-refractivity contribution in [1.82, 2.24) is 5.06 Å². The van der Waals surface area contributed by atoms with Gasteiger partial charge in [0, 0.05) is 36.0 Å². The number of hydrogen-bond acceptors (Lipinski definition) is 11. The van der Waals surface area contributed by atoms with E-state index in [4.69, 9.17) is 28.5 Å². The van der Waals surface area contributed by atoms with Gasteiger partial charge < -0.3 is 28.5 Å². The summed E-state index contributed by atoms with van der Waals surface area (Å²) in [6.07, 6.45) is 1.38. The lowest BCUT2D eigenvalue weighted by Crippen LogP contribution is -2.32. The number of hydrogen-bond donors (Lipinski definition) is 0. The summed E-state index contributed by atoms with van der Waals surface area (Å²) in [5, 5.41) is 0.507. The van der Waals surface area contributed by atoms with Crippen molar-refractivity contribution >= 4 is 29.4 Å². The molecule has 206 valence electrons. The number of nitrogens with zero attached hydrogens (tertiary/aromatic N) is 1. The molecule has 0 unspecified atom stereocenters. The fourth-order valence-electron chi connectivity index (χ4n) is 3.53. The Kier molecular flexibility index (Phi) is 12.0. The molecule has 1 heterocycles. The highest BCUT2D eigenvalue weighted by molar-refractivity contribution is 6.22. The van der Waals surface area contributed by atoms with Crippen LogP contribution in [0, 0.1) is 0 Å². The zero-order valence-electron chi connectivity index (χ0n) is 21.0. The van der Waals surface area contributed by atoms with Crippen molar-refractivity contribution in [2.24, 2.45) is 0 Å². The summed E-state index contributed by atoms with van der Waals surface area (Å²) >= 11 is 0. The van der Waals surface area contributed by atoms with Crippen molar-refractivity contribution in [3.8, 4) is 0 Å². The van der Waals surface area contributed by atoms with Gasteiger partial charge in [0.1, 0.15) is 6.61 Å². The maximum Gasteiger partial charge on any atom is 0.335 e. The van der Waals surface area contributed by atoms with Gasteiger partial charge in [-0.1, -0.05) is 24.3 Å². The largest absolute Gasteiger partial charge is 0.498 e. The van der Waals surface area contributed by atoms with Crippen molar-refractivity contribution in [2.45, 2.75) is 25.7 Å². The number of rotatable bonds is 17. The average molecular weight is 534 g/mol. The first kappa shape index (κ1) is 29.1. The van der Waals surface area contributed by atoms with Gasteiger partial charge >= 0.3 is 5.97 Å². The topological polar surface area (TPSA) is 144 Å². The summed E-state index contributed by atoms with van der Waals surface area (Å²) in [7, 11) is 0. The smallest absolute Gasteiger partial charge is 0.335 e. The number of carbonyl (C=O) groups is 5. The molecular formula is C26H31NO11. The van der Waals surface area contributed by atoms with Crippen LogP contribution >= 0.6 is 0 Å². The molecule has 0 atom stereocenters. The van der Waals surface area contributed by atoms with Gasteiger partial charge in [-0.15, -0.1) is 5.06 Å². The van der Waals surface area contributed by atoms with Crippen LogP contribution in [0.25, 0.3) is 0 Å². The fraction of sp³-hybridized carbons (Fsp3) is 0.500.